The fraction of sp³-hybridized carbons (Fsp3) is 0.214. The number of amides is 1. The molecule has 0 spiro atoms. The summed E-state index contributed by atoms with van der Waals surface area (Å²) in [4.78, 5) is 11.6. The van der Waals surface area contributed by atoms with Gasteiger partial charge in [0.1, 0.15) is 5.76 Å². The van der Waals surface area contributed by atoms with E-state index >= 15 is 0 Å². The summed E-state index contributed by atoms with van der Waals surface area (Å²) < 4.78 is 5.19. The van der Waals surface area contributed by atoms with Crippen LogP contribution in [-0.2, 0) is 17.1 Å². The third-order valence-corrected chi connectivity index (χ3v) is 3.67. The number of nitrogens with one attached hydrogen (secondary N) is 1. The fourth-order valence-electron chi connectivity index (χ4n) is 1.49. The molecule has 5 heteroatoms. The zero-order valence-electron chi connectivity index (χ0n) is 10.3. The van der Waals surface area contributed by atoms with E-state index in [2.05, 4.69) is 5.32 Å². The van der Waals surface area contributed by atoms with Crippen LogP contribution >= 0.6 is 23.4 Å². The van der Waals surface area contributed by atoms with Crippen molar-refractivity contribution in [3.8, 4) is 0 Å². The van der Waals surface area contributed by atoms with Crippen molar-refractivity contribution < 1.29 is 9.21 Å². The number of halogens is 1. The summed E-state index contributed by atoms with van der Waals surface area (Å²) in [5, 5.41) is 3.56. The SMILES string of the molecule is O=C(CSCc1ccco1)NCc1ccc(Cl)cc1. The minimum absolute atomic E-state index is 0.0199. The third-order valence-electron chi connectivity index (χ3n) is 2.46. The molecule has 1 amide bonds. The molecule has 0 radical (unpaired) electrons. The molecule has 2 aromatic rings. The molecule has 0 atom stereocenters. The molecule has 0 bridgehead atoms. The standard InChI is InChI=1S/C14H14ClNO2S/c15-12-5-3-11(4-6-12)8-16-14(17)10-19-9-13-2-1-7-18-13/h1-7H,8-10H2,(H,16,17). The summed E-state index contributed by atoms with van der Waals surface area (Å²) in [5.41, 5.74) is 1.04. The van der Waals surface area contributed by atoms with E-state index in [0.29, 0.717) is 23.1 Å². The maximum absolute atomic E-state index is 11.6. The normalized spacial score (nSPS) is 10.4. The summed E-state index contributed by atoms with van der Waals surface area (Å²) in [7, 11) is 0. The van der Waals surface area contributed by atoms with Crippen LogP contribution in [0.5, 0.6) is 0 Å². The topological polar surface area (TPSA) is 42.2 Å². The Balaban J connectivity index is 1.65. The molecule has 0 aliphatic heterocycles. The number of rotatable bonds is 6. The molecule has 2 rings (SSSR count). The number of hydrogen-bond donors (Lipinski definition) is 1. The van der Waals surface area contributed by atoms with E-state index in [0.717, 1.165) is 11.3 Å². The van der Waals surface area contributed by atoms with E-state index in [1.54, 1.807) is 6.26 Å². The van der Waals surface area contributed by atoms with Gasteiger partial charge in [0.15, 0.2) is 0 Å². The molecule has 1 aromatic heterocycles. The summed E-state index contributed by atoms with van der Waals surface area (Å²) in [6.07, 6.45) is 1.64. The van der Waals surface area contributed by atoms with E-state index in [1.807, 2.05) is 36.4 Å². The Morgan fingerprint density at radius 3 is 2.74 bits per heavy atom. The molecule has 0 aliphatic carbocycles. The Hall–Kier alpha value is -1.39. The quantitative estimate of drug-likeness (QED) is 0.887. The summed E-state index contributed by atoms with van der Waals surface area (Å²) in [6.45, 7) is 0.525. The first-order valence-corrected chi connectivity index (χ1v) is 7.38. The van der Waals surface area contributed by atoms with E-state index in [-0.39, 0.29) is 5.91 Å². The number of carbonyl (C=O) groups excluding carboxylic acids is 1. The van der Waals surface area contributed by atoms with Crippen LogP contribution in [0.1, 0.15) is 11.3 Å². The lowest BCUT2D eigenvalue weighted by molar-refractivity contribution is -0.118. The predicted molar refractivity (Wildman–Crippen MR) is 78.2 cm³/mol. The van der Waals surface area contributed by atoms with Crippen LogP contribution in [0.2, 0.25) is 5.02 Å². The highest BCUT2D eigenvalue weighted by atomic mass is 35.5. The Kier molecular flexibility index (Phi) is 5.36. The van der Waals surface area contributed by atoms with Gasteiger partial charge in [-0.2, -0.15) is 0 Å². The molecule has 100 valence electrons. The lowest BCUT2D eigenvalue weighted by Crippen LogP contribution is -2.24. The highest BCUT2D eigenvalue weighted by Crippen LogP contribution is 2.12. The zero-order valence-corrected chi connectivity index (χ0v) is 11.8. The van der Waals surface area contributed by atoms with Crippen LogP contribution in [-0.4, -0.2) is 11.7 Å². The second kappa shape index (κ2) is 7.26. The number of furan rings is 1. The molecule has 1 aromatic carbocycles. The van der Waals surface area contributed by atoms with E-state index < -0.39 is 0 Å². The van der Waals surface area contributed by atoms with Gasteiger partial charge in [-0.15, -0.1) is 11.8 Å². The lowest BCUT2D eigenvalue weighted by Gasteiger charge is -2.05. The van der Waals surface area contributed by atoms with Crippen molar-refractivity contribution in [1.29, 1.82) is 0 Å². The molecule has 0 saturated carbocycles. The molecule has 19 heavy (non-hydrogen) atoms. The van der Waals surface area contributed by atoms with Gasteiger partial charge in [-0.3, -0.25) is 4.79 Å². The number of thioether (sulfide) groups is 1. The molecule has 0 unspecified atom stereocenters. The first-order valence-electron chi connectivity index (χ1n) is 5.85. The van der Waals surface area contributed by atoms with Gasteiger partial charge >= 0.3 is 0 Å². The molecule has 0 aliphatic rings. The fourth-order valence-corrected chi connectivity index (χ4v) is 2.37. The van der Waals surface area contributed by atoms with Crippen LogP contribution < -0.4 is 5.32 Å². The Morgan fingerprint density at radius 1 is 1.26 bits per heavy atom. The second-order valence-electron chi connectivity index (χ2n) is 3.98. The Labute approximate surface area is 121 Å². The van der Waals surface area contributed by atoms with Gasteiger partial charge in [0.05, 0.1) is 17.8 Å². The van der Waals surface area contributed by atoms with Crippen molar-refractivity contribution in [2.24, 2.45) is 0 Å². The maximum atomic E-state index is 11.6. The van der Waals surface area contributed by atoms with Gasteiger partial charge in [0.25, 0.3) is 0 Å². The third kappa shape index (κ3) is 5.01. The maximum Gasteiger partial charge on any atom is 0.230 e. The minimum atomic E-state index is 0.0199. The number of carbonyl (C=O) groups is 1. The molecule has 1 N–H and O–H groups in total. The summed E-state index contributed by atoms with van der Waals surface area (Å²) in [5.74, 6) is 2.04. The van der Waals surface area contributed by atoms with Crippen molar-refractivity contribution in [2.45, 2.75) is 12.3 Å². The van der Waals surface area contributed by atoms with Gasteiger partial charge in [-0.25, -0.2) is 0 Å². The average molecular weight is 296 g/mol. The van der Waals surface area contributed by atoms with Crippen LogP contribution in [0.4, 0.5) is 0 Å². The van der Waals surface area contributed by atoms with Gasteiger partial charge in [-0.05, 0) is 29.8 Å². The van der Waals surface area contributed by atoms with Crippen LogP contribution in [0.25, 0.3) is 0 Å². The zero-order chi connectivity index (χ0) is 13.5. The lowest BCUT2D eigenvalue weighted by atomic mass is 10.2. The largest absolute Gasteiger partial charge is 0.468 e. The van der Waals surface area contributed by atoms with Crippen molar-refractivity contribution in [3.05, 3.63) is 59.0 Å². The highest BCUT2D eigenvalue weighted by Gasteiger charge is 2.03. The smallest absolute Gasteiger partial charge is 0.230 e. The molecular weight excluding hydrogens is 282 g/mol. The first kappa shape index (κ1) is 14.0. The number of benzene rings is 1. The van der Waals surface area contributed by atoms with Gasteiger partial charge < -0.3 is 9.73 Å². The summed E-state index contributed by atoms with van der Waals surface area (Å²) >= 11 is 7.32. The molecular formula is C14H14ClNO2S. The van der Waals surface area contributed by atoms with Crippen LogP contribution in [0.15, 0.2) is 47.1 Å². The van der Waals surface area contributed by atoms with E-state index in [9.17, 15) is 4.79 Å². The average Bonchev–Trinajstić information content (AvgIpc) is 2.91. The summed E-state index contributed by atoms with van der Waals surface area (Å²) in [6, 6.07) is 11.2. The molecule has 3 nitrogen and oxygen atoms in total. The van der Waals surface area contributed by atoms with Crippen LogP contribution in [0, 0.1) is 0 Å². The van der Waals surface area contributed by atoms with Crippen molar-refractivity contribution in [2.75, 3.05) is 5.75 Å². The number of hydrogen-bond acceptors (Lipinski definition) is 3. The van der Waals surface area contributed by atoms with Crippen LogP contribution in [0.3, 0.4) is 0 Å². The van der Waals surface area contributed by atoms with E-state index in [4.69, 9.17) is 16.0 Å². The monoisotopic (exact) mass is 295 g/mol. The van der Waals surface area contributed by atoms with Gasteiger partial charge in [0, 0.05) is 11.6 Å². The van der Waals surface area contributed by atoms with Crippen molar-refractivity contribution >= 4 is 29.3 Å². The molecule has 0 fully saturated rings. The molecule has 0 saturated heterocycles. The van der Waals surface area contributed by atoms with Crippen molar-refractivity contribution in [3.63, 3.8) is 0 Å². The highest BCUT2D eigenvalue weighted by molar-refractivity contribution is 7.99. The minimum Gasteiger partial charge on any atom is -0.468 e. The first-order chi connectivity index (χ1) is 9.24. The predicted octanol–water partition coefficient (Wildman–Crippen LogP) is 3.48. The Morgan fingerprint density at radius 2 is 2.05 bits per heavy atom. The van der Waals surface area contributed by atoms with Gasteiger partial charge in [0.2, 0.25) is 5.91 Å². The van der Waals surface area contributed by atoms with E-state index in [1.165, 1.54) is 11.8 Å². The Bertz CT molecular complexity index is 511. The van der Waals surface area contributed by atoms with Crippen molar-refractivity contribution in [1.82, 2.24) is 5.32 Å². The molecule has 1 heterocycles. The van der Waals surface area contributed by atoms with Gasteiger partial charge in [-0.1, -0.05) is 23.7 Å². The second-order valence-corrected chi connectivity index (χ2v) is 5.40.